The maximum atomic E-state index is 14.5. The molecule has 200 valence electrons. The molecule has 1 amide bonds. The van der Waals surface area contributed by atoms with Gasteiger partial charge in [0.05, 0.1) is 22.6 Å². The van der Waals surface area contributed by atoms with Gasteiger partial charge >= 0.3 is 5.97 Å². The maximum absolute atomic E-state index is 14.5. The van der Waals surface area contributed by atoms with Crippen LogP contribution in [0.2, 0.25) is 0 Å². The summed E-state index contributed by atoms with van der Waals surface area (Å²) in [6.45, 7) is 5.24. The summed E-state index contributed by atoms with van der Waals surface area (Å²) in [5.74, 6) is -1.63. The van der Waals surface area contributed by atoms with Crippen LogP contribution in [0.15, 0.2) is 83.3 Å². The van der Waals surface area contributed by atoms with Gasteiger partial charge in [0.25, 0.3) is 15.9 Å². The number of amides is 1. The van der Waals surface area contributed by atoms with Crippen molar-refractivity contribution in [1.82, 2.24) is 0 Å². The second-order valence-electron chi connectivity index (χ2n) is 9.96. The minimum absolute atomic E-state index is 0.0204. The highest BCUT2D eigenvalue weighted by Gasteiger charge is 2.83. The van der Waals surface area contributed by atoms with E-state index in [1.807, 2.05) is 32.1 Å². The molecule has 8 nitrogen and oxygen atoms in total. The first-order valence-electron chi connectivity index (χ1n) is 12.6. The lowest BCUT2D eigenvalue weighted by atomic mass is 9.77. The zero-order chi connectivity index (χ0) is 28.9. The average molecular weight is 552 g/mol. The summed E-state index contributed by atoms with van der Waals surface area (Å²) in [4.78, 5) is 28.4. The van der Waals surface area contributed by atoms with E-state index in [1.165, 1.54) is 18.2 Å². The molecule has 1 fully saturated rings. The predicted octanol–water partition coefficient (Wildman–Crippen LogP) is 4.73. The molecule has 9 heteroatoms. The highest BCUT2D eigenvalue weighted by molar-refractivity contribution is 7.93. The van der Waals surface area contributed by atoms with E-state index in [0.717, 1.165) is 15.4 Å². The molecule has 2 aliphatic rings. The van der Waals surface area contributed by atoms with Gasteiger partial charge in [0.2, 0.25) is 0 Å². The molecule has 0 bridgehead atoms. The number of fused-ring (bicyclic) bond motifs is 2. The Kier molecular flexibility index (Phi) is 6.36. The van der Waals surface area contributed by atoms with E-state index in [-0.39, 0.29) is 34.8 Å². The number of esters is 1. The number of benzene rings is 3. The van der Waals surface area contributed by atoms with Gasteiger partial charge in [0, 0.05) is 5.57 Å². The first kappa shape index (κ1) is 26.9. The van der Waals surface area contributed by atoms with Crippen LogP contribution < -0.4 is 4.31 Å². The predicted molar refractivity (Wildman–Crippen MR) is 147 cm³/mol. The smallest absolute Gasteiger partial charge is 0.318 e. The van der Waals surface area contributed by atoms with Gasteiger partial charge in [0.15, 0.2) is 0 Å². The number of ether oxygens (including phenoxy) is 1. The minimum Gasteiger partial charge on any atom is -0.465 e. The van der Waals surface area contributed by atoms with Gasteiger partial charge < -0.3 is 4.74 Å². The first-order valence-corrected chi connectivity index (χ1v) is 14.1. The number of allylic oxidation sites excluding steroid dienone is 1. The molecule has 5 rings (SSSR count). The van der Waals surface area contributed by atoms with Crippen molar-refractivity contribution in [3.63, 3.8) is 0 Å². The van der Waals surface area contributed by atoms with Gasteiger partial charge in [-0.05, 0) is 56.5 Å². The van der Waals surface area contributed by atoms with Crippen molar-refractivity contribution in [2.24, 2.45) is 5.41 Å². The maximum Gasteiger partial charge on any atom is 0.318 e. The summed E-state index contributed by atoms with van der Waals surface area (Å²) in [7, 11) is -4.38. The largest absolute Gasteiger partial charge is 0.465 e. The third-order valence-electron chi connectivity index (χ3n) is 7.66. The van der Waals surface area contributed by atoms with E-state index >= 15 is 0 Å². The van der Waals surface area contributed by atoms with Crippen LogP contribution in [0.4, 0.5) is 5.69 Å². The summed E-state index contributed by atoms with van der Waals surface area (Å²) in [5, 5.41) is 20.0. The fraction of sp³-hybridized carbons (Fsp3) is 0.226. The van der Waals surface area contributed by atoms with Crippen molar-refractivity contribution in [3.05, 3.63) is 101 Å². The van der Waals surface area contributed by atoms with Gasteiger partial charge in [-0.1, -0.05) is 65.7 Å². The SMILES string of the molecule is CCOC(=O)[C@@]1(C(=C(C#N)C#N)c2cccc(C)c2)C[C@]12C(=O)N(S(=O)(=O)c1ccc(C)cc1)c1ccccc12. The van der Waals surface area contributed by atoms with Crippen LogP contribution in [-0.2, 0) is 29.8 Å². The van der Waals surface area contributed by atoms with Crippen LogP contribution >= 0.6 is 0 Å². The van der Waals surface area contributed by atoms with Gasteiger partial charge in [-0.3, -0.25) is 9.59 Å². The Labute approximate surface area is 232 Å². The molecule has 0 unspecified atom stereocenters. The van der Waals surface area contributed by atoms with E-state index in [2.05, 4.69) is 0 Å². The molecular formula is C31H25N3O5S. The summed E-state index contributed by atoms with van der Waals surface area (Å²) >= 11 is 0. The molecule has 0 radical (unpaired) electrons. The quantitative estimate of drug-likeness (QED) is 0.320. The topological polar surface area (TPSA) is 128 Å². The highest BCUT2D eigenvalue weighted by atomic mass is 32.2. The van der Waals surface area contributed by atoms with Crippen LogP contribution in [0.25, 0.3) is 5.57 Å². The van der Waals surface area contributed by atoms with Crippen molar-refractivity contribution in [3.8, 4) is 12.1 Å². The number of para-hydroxylation sites is 1. The average Bonchev–Trinajstić information content (AvgIpc) is 3.56. The molecule has 1 spiro atoms. The number of aryl methyl sites for hydroxylation is 2. The molecule has 1 heterocycles. The summed E-state index contributed by atoms with van der Waals surface area (Å²) in [6.07, 6.45) is -0.162. The molecular weight excluding hydrogens is 526 g/mol. The number of hydrogen-bond acceptors (Lipinski definition) is 7. The Hall–Kier alpha value is -4.73. The Morgan fingerprint density at radius 3 is 2.27 bits per heavy atom. The molecule has 1 aliphatic heterocycles. The van der Waals surface area contributed by atoms with Crippen LogP contribution in [0.3, 0.4) is 0 Å². The summed E-state index contributed by atoms with van der Waals surface area (Å²) in [6, 6.07) is 23.3. The van der Waals surface area contributed by atoms with Crippen molar-refractivity contribution >= 4 is 33.2 Å². The van der Waals surface area contributed by atoms with Gasteiger partial charge in [-0.25, -0.2) is 12.7 Å². The molecule has 0 saturated heterocycles. The zero-order valence-corrected chi connectivity index (χ0v) is 23.0. The number of nitriles is 2. The van der Waals surface area contributed by atoms with E-state index < -0.39 is 32.7 Å². The lowest BCUT2D eigenvalue weighted by Crippen LogP contribution is -2.41. The number of anilines is 1. The molecule has 3 aromatic rings. The van der Waals surface area contributed by atoms with Gasteiger partial charge in [0.1, 0.15) is 23.1 Å². The van der Waals surface area contributed by atoms with Crippen LogP contribution in [0, 0.1) is 41.9 Å². The second-order valence-corrected chi connectivity index (χ2v) is 11.7. The molecule has 2 atom stereocenters. The van der Waals surface area contributed by atoms with E-state index in [9.17, 15) is 28.5 Å². The van der Waals surface area contributed by atoms with Crippen LogP contribution in [0.1, 0.15) is 35.6 Å². The Morgan fingerprint density at radius 2 is 1.65 bits per heavy atom. The lowest BCUT2D eigenvalue weighted by Gasteiger charge is -2.25. The Balaban J connectivity index is 1.81. The number of hydrogen-bond donors (Lipinski definition) is 0. The number of nitrogens with zero attached hydrogens (tertiary/aromatic N) is 3. The van der Waals surface area contributed by atoms with E-state index in [1.54, 1.807) is 55.5 Å². The van der Waals surface area contributed by atoms with Crippen molar-refractivity contribution in [2.75, 3.05) is 10.9 Å². The molecule has 40 heavy (non-hydrogen) atoms. The molecule has 1 saturated carbocycles. The summed E-state index contributed by atoms with van der Waals surface area (Å²) in [5.41, 5.74) is -1.29. The van der Waals surface area contributed by atoms with E-state index in [0.29, 0.717) is 11.1 Å². The van der Waals surface area contributed by atoms with Crippen LogP contribution in [-0.4, -0.2) is 26.9 Å². The second kappa shape index (κ2) is 9.48. The summed E-state index contributed by atoms with van der Waals surface area (Å²) < 4.78 is 34.1. The van der Waals surface area contributed by atoms with Crippen molar-refractivity contribution in [2.45, 2.75) is 37.5 Å². The lowest BCUT2D eigenvalue weighted by molar-refractivity contribution is -0.149. The first-order chi connectivity index (χ1) is 19.1. The van der Waals surface area contributed by atoms with Gasteiger partial charge in [-0.2, -0.15) is 10.5 Å². The number of carbonyl (C=O) groups excluding carboxylic acids is 2. The molecule has 0 N–H and O–H groups in total. The third kappa shape index (κ3) is 3.59. The van der Waals surface area contributed by atoms with Crippen LogP contribution in [0.5, 0.6) is 0 Å². The standard InChI is InChI=1S/C31H25N3O5S/c1-4-39-29(36)31(27(23(17-32)18-33)22-9-7-8-21(3)16-22)19-30(31)25-10-5-6-11-26(25)34(28(30)35)40(37,38)24-14-12-20(2)13-15-24/h5-16H,4,19H2,1-3H3/t30-,31-/m0/s1. The normalized spacial score (nSPS) is 20.8. The third-order valence-corrected chi connectivity index (χ3v) is 9.37. The number of sulfonamides is 1. The minimum atomic E-state index is -4.38. The molecule has 0 aromatic heterocycles. The molecule has 1 aliphatic carbocycles. The Morgan fingerprint density at radius 1 is 0.975 bits per heavy atom. The van der Waals surface area contributed by atoms with Gasteiger partial charge in [-0.15, -0.1) is 0 Å². The fourth-order valence-electron chi connectivity index (χ4n) is 5.85. The monoisotopic (exact) mass is 551 g/mol. The van der Waals surface area contributed by atoms with Crippen molar-refractivity contribution in [1.29, 1.82) is 10.5 Å². The number of rotatable bonds is 6. The highest BCUT2D eigenvalue weighted by Crippen LogP contribution is 2.75. The fourth-order valence-corrected chi connectivity index (χ4v) is 7.33. The molecule has 3 aromatic carbocycles. The zero-order valence-electron chi connectivity index (χ0n) is 22.1. The Bertz CT molecular complexity index is 1780. The van der Waals surface area contributed by atoms with E-state index in [4.69, 9.17) is 4.74 Å². The van der Waals surface area contributed by atoms with Crippen molar-refractivity contribution < 1.29 is 22.7 Å². The number of carbonyl (C=O) groups is 2.